The van der Waals surface area contributed by atoms with Crippen LogP contribution in [0.15, 0.2) is 109 Å². The van der Waals surface area contributed by atoms with E-state index < -0.39 is 32.5 Å². The van der Waals surface area contributed by atoms with E-state index in [-0.39, 0.29) is 26.1 Å². The molecule has 0 aliphatic rings. The number of hydrogen-bond donors (Lipinski definition) is 1. The van der Waals surface area contributed by atoms with Crippen molar-refractivity contribution < 1.29 is 42.1 Å². The first-order valence-corrected chi connectivity index (χ1v) is 33.1. The van der Waals surface area contributed by atoms with E-state index in [2.05, 4.69) is 105 Å². The van der Waals surface area contributed by atoms with E-state index >= 15 is 0 Å². The maximum absolute atomic E-state index is 12.7. The zero-order valence-electron chi connectivity index (χ0n) is 50.9. The molecule has 2 atom stereocenters. The smallest absolute Gasteiger partial charge is 0.462 e. The van der Waals surface area contributed by atoms with Crippen molar-refractivity contribution in [2.24, 2.45) is 0 Å². The quantitative estimate of drug-likeness (QED) is 0.0211. The van der Waals surface area contributed by atoms with Crippen molar-refractivity contribution in [1.29, 1.82) is 0 Å². The predicted octanol–water partition coefficient (Wildman–Crippen LogP) is 20.2. The number of esters is 2. The number of nitrogens with zero attached hydrogens (tertiary/aromatic N) is 1. The second kappa shape index (κ2) is 58.3. The number of allylic oxidation sites excluding steroid dienone is 17. The third-order valence-electron chi connectivity index (χ3n) is 13.3. The average molecular weight is 1110 g/mol. The van der Waals surface area contributed by atoms with Crippen LogP contribution in [0.1, 0.15) is 258 Å². The van der Waals surface area contributed by atoms with Crippen LogP contribution >= 0.6 is 7.82 Å². The Labute approximate surface area is 480 Å². The highest BCUT2D eigenvalue weighted by Gasteiger charge is 2.27. The lowest BCUT2D eigenvalue weighted by molar-refractivity contribution is -0.870. The van der Waals surface area contributed by atoms with Crippen LogP contribution in [0.2, 0.25) is 0 Å². The van der Waals surface area contributed by atoms with Gasteiger partial charge in [0.2, 0.25) is 0 Å². The van der Waals surface area contributed by atoms with Crippen LogP contribution in [0.25, 0.3) is 0 Å². The van der Waals surface area contributed by atoms with Gasteiger partial charge in [0.25, 0.3) is 0 Å². The Morgan fingerprint density at radius 3 is 1.09 bits per heavy atom. The average Bonchev–Trinajstić information content (AvgIpc) is 3.41. The molecule has 0 aromatic heterocycles. The molecule has 0 bridgehead atoms. The number of ether oxygens (including phenoxy) is 2. The van der Waals surface area contributed by atoms with Crippen molar-refractivity contribution in [3.63, 3.8) is 0 Å². The van der Waals surface area contributed by atoms with Crippen LogP contribution in [-0.4, -0.2) is 74.9 Å². The summed E-state index contributed by atoms with van der Waals surface area (Å²) in [6.07, 6.45) is 82.5. The lowest BCUT2D eigenvalue weighted by atomic mass is 10.0. The molecule has 9 nitrogen and oxygen atoms in total. The van der Waals surface area contributed by atoms with Crippen LogP contribution in [0.3, 0.4) is 0 Å². The fourth-order valence-corrected chi connectivity index (χ4v) is 9.30. The number of carbonyl (C=O) groups is 2. The number of phosphoric ester groups is 1. The summed E-state index contributed by atoms with van der Waals surface area (Å²) in [5.74, 6) is -0.942. The molecule has 0 fully saturated rings. The summed E-state index contributed by atoms with van der Waals surface area (Å²) in [5, 5.41) is 0. The van der Waals surface area contributed by atoms with E-state index in [0.717, 1.165) is 70.6 Å². The number of quaternary nitrogens is 1. The van der Waals surface area contributed by atoms with Crippen molar-refractivity contribution in [3.05, 3.63) is 109 Å². The van der Waals surface area contributed by atoms with Crippen molar-refractivity contribution in [1.82, 2.24) is 0 Å². The second-order valence-electron chi connectivity index (χ2n) is 22.1. The van der Waals surface area contributed by atoms with E-state index in [1.54, 1.807) is 6.08 Å². The molecule has 0 heterocycles. The van der Waals surface area contributed by atoms with E-state index in [9.17, 15) is 19.0 Å². The second-order valence-corrected chi connectivity index (χ2v) is 23.5. The number of likely N-dealkylation sites (N-methyl/N-ethyl adjacent to an activating group) is 1. The van der Waals surface area contributed by atoms with Gasteiger partial charge in [-0.1, -0.05) is 277 Å². The van der Waals surface area contributed by atoms with Gasteiger partial charge in [0, 0.05) is 6.42 Å². The zero-order valence-corrected chi connectivity index (χ0v) is 51.8. The molecule has 0 radical (unpaired) electrons. The molecule has 78 heavy (non-hydrogen) atoms. The largest absolute Gasteiger partial charge is 0.472 e. The van der Waals surface area contributed by atoms with Gasteiger partial charge in [-0.15, -0.1) is 0 Å². The van der Waals surface area contributed by atoms with E-state index in [1.807, 2.05) is 33.3 Å². The van der Waals surface area contributed by atoms with Crippen LogP contribution < -0.4 is 0 Å². The monoisotopic (exact) mass is 1110 g/mol. The molecule has 0 aromatic carbocycles. The van der Waals surface area contributed by atoms with Gasteiger partial charge in [-0.25, -0.2) is 4.57 Å². The van der Waals surface area contributed by atoms with E-state index in [4.69, 9.17) is 18.5 Å². The Kier molecular flexibility index (Phi) is 55.8. The molecule has 0 aliphatic heterocycles. The third-order valence-corrected chi connectivity index (χ3v) is 14.3. The summed E-state index contributed by atoms with van der Waals surface area (Å²) in [6, 6.07) is 0. The minimum Gasteiger partial charge on any atom is -0.462 e. The minimum absolute atomic E-state index is 0.00604. The number of hydrogen-bond acceptors (Lipinski definition) is 7. The van der Waals surface area contributed by atoms with Gasteiger partial charge in [0.1, 0.15) is 19.8 Å². The van der Waals surface area contributed by atoms with Crippen molar-refractivity contribution in [3.8, 4) is 0 Å². The molecule has 448 valence electrons. The Bertz CT molecular complexity index is 1680. The predicted molar refractivity (Wildman–Crippen MR) is 335 cm³/mol. The SMILES string of the molecule is CC/C=C\C/C=C\C/C=C\C/C=C\C/C=C\CC(=O)OC(COC(=O)CCCCCCCCCCCCCCCCCCCCCCCCCCCC/C=C\C/C=C\C/C=C\C/C=C\CC)COP(=O)(O)OCC[N+](C)(C)C. The van der Waals surface area contributed by atoms with Crippen LogP contribution in [0, 0.1) is 0 Å². The Balaban J connectivity index is 3.94. The molecule has 0 aliphatic carbocycles. The first-order valence-electron chi connectivity index (χ1n) is 31.6. The molecule has 0 amide bonds. The van der Waals surface area contributed by atoms with Gasteiger partial charge >= 0.3 is 19.8 Å². The van der Waals surface area contributed by atoms with Gasteiger partial charge in [0.15, 0.2) is 6.10 Å². The Hall–Kier alpha value is -3.33. The van der Waals surface area contributed by atoms with Crippen LogP contribution in [0.5, 0.6) is 0 Å². The maximum Gasteiger partial charge on any atom is 0.472 e. The summed E-state index contributed by atoms with van der Waals surface area (Å²) in [5.41, 5.74) is 0. The van der Waals surface area contributed by atoms with Crippen LogP contribution in [-0.2, 0) is 32.7 Å². The van der Waals surface area contributed by atoms with Gasteiger partial charge in [0.05, 0.1) is 34.2 Å². The molecule has 0 spiro atoms. The molecule has 0 aromatic rings. The molecule has 0 saturated carbocycles. The minimum atomic E-state index is -4.41. The molecule has 0 rings (SSSR count). The number of carbonyl (C=O) groups excluding carboxylic acids is 2. The molecule has 10 heteroatoms. The molecule has 0 saturated heterocycles. The lowest BCUT2D eigenvalue weighted by Gasteiger charge is -2.24. The number of rotatable bonds is 57. The van der Waals surface area contributed by atoms with Gasteiger partial charge in [-0.05, 0) is 77.0 Å². The summed E-state index contributed by atoms with van der Waals surface area (Å²) in [7, 11) is 1.42. The highest BCUT2D eigenvalue weighted by atomic mass is 31.2. The number of unbranched alkanes of at least 4 members (excludes halogenated alkanes) is 26. The van der Waals surface area contributed by atoms with Gasteiger partial charge in [-0.2, -0.15) is 0 Å². The summed E-state index contributed by atoms with van der Waals surface area (Å²) >= 11 is 0. The maximum atomic E-state index is 12.7. The highest BCUT2D eigenvalue weighted by Crippen LogP contribution is 2.43. The number of phosphoric acid groups is 1. The van der Waals surface area contributed by atoms with Gasteiger partial charge in [-0.3, -0.25) is 18.6 Å². The topological polar surface area (TPSA) is 108 Å². The lowest BCUT2D eigenvalue weighted by Crippen LogP contribution is -2.37. The Morgan fingerprint density at radius 2 is 0.731 bits per heavy atom. The molecular weight excluding hydrogens is 990 g/mol. The molecular formula is C68H119NO8P+. The van der Waals surface area contributed by atoms with Crippen LogP contribution in [0.4, 0.5) is 0 Å². The molecule has 1 N–H and O–H groups in total. The highest BCUT2D eigenvalue weighted by molar-refractivity contribution is 7.47. The van der Waals surface area contributed by atoms with Crippen molar-refractivity contribution >= 4 is 19.8 Å². The molecule has 2 unspecified atom stereocenters. The summed E-state index contributed by atoms with van der Waals surface area (Å²) < 4.78 is 34.4. The van der Waals surface area contributed by atoms with Gasteiger partial charge < -0.3 is 18.9 Å². The van der Waals surface area contributed by atoms with E-state index in [1.165, 1.54) is 154 Å². The normalized spacial score (nSPS) is 14.0. The zero-order chi connectivity index (χ0) is 57.0. The van der Waals surface area contributed by atoms with E-state index in [0.29, 0.717) is 17.4 Å². The standard InChI is InChI=1S/C68H118NO8P/c1-6-8-10-12-14-16-18-20-22-23-24-25-26-27-28-29-30-31-32-33-34-35-36-37-38-39-40-41-42-43-44-45-47-48-50-52-54-56-58-60-67(70)74-64-66(65-76-78(72,73)75-63-62-69(3,4)5)77-68(71)61-59-57-55-53-51-49-46-21-19-17-15-13-11-9-7-2/h8-11,14-17,20-22,24-25,46,51,53,57,59,66H,6-7,12-13,18-19,23,26-45,47-50,52,54-56,58,60-65H2,1-5H3/p+1/b10-8-,11-9-,16-14-,17-15-,22-20-,25-24-,46-21-,53-51-,59-57-. The van der Waals surface area contributed by atoms with Crippen molar-refractivity contribution in [2.45, 2.75) is 264 Å². The summed E-state index contributed by atoms with van der Waals surface area (Å²) in [6.45, 7) is 4.10. The summed E-state index contributed by atoms with van der Waals surface area (Å²) in [4.78, 5) is 35.6. The fourth-order valence-electron chi connectivity index (χ4n) is 8.55. The first kappa shape index (κ1) is 74.7. The Morgan fingerprint density at radius 1 is 0.410 bits per heavy atom. The first-order chi connectivity index (χ1) is 38.0. The fraction of sp³-hybridized carbons (Fsp3) is 0.706. The third kappa shape index (κ3) is 61.9. The van der Waals surface area contributed by atoms with Crippen molar-refractivity contribution in [2.75, 3.05) is 47.5 Å².